The summed E-state index contributed by atoms with van der Waals surface area (Å²) in [5.74, 6) is 0.0399. The number of phenols is 1. The van der Waals surface area contributed by atoms with Crippen LogP contribution in [0.1, 0.15) is 11.7 Å². The summed E-state index contributed by atoms with van der Waals surface area (Å²) in [7, 11) is -1.12. The highest BCUT2D eigenvalue weighted by molar-refractivity contribution is 6.63. The molecule has 5 heteroatoms. The summed E-state index contributed by atoms with van der Waals surface area (Å²) in [5, 5.41) is 19.8. The first-order chi connectivity index (χ1) is 9.22. The molecule has 1 aliphatic heterocycles. The first kappa shape index (κ1) is 12.2. The molecule has 4 N–H and O–H groups in total. The highest BCUT2D eigenvalue weighted by Gasteiger charge is 2.38. The highest BCUT2D eigenvalue weighted by atomic mass is 16.5. The van der Waals surface area contributed by atoms with Gasteiger partial charge in [-0.1, -0.05) is 36.4 Å². The van der Waals surface area contributed by atoms with Crippen molar-refractivity contribution in [1.29, 1.82) is 0 Å². The third kappa shape index (κ3) is 1.92. The van der Waals surface area contributed by atoms with Gasteiger partial charge in [0, 0.05) is 12.0 Å². The lowest BCUT2D eigenvalue weighted by molar-refractivity contribution is 0.198. The van der Waals surface area contributed by atoms with Gasteiger partial charge in [0.15, 0.2) is 0 Å². The molecule has 0 amide bonds. The zero-order valence-electron chi connectivity index (χ0n) is 10.3. The van der Waals surface area contributed by atoms with E-state index < -0.39 is 13.2 Å². The number of fused-ring (bicyclic) bond motifs is 1. The maximum atomic E-state index is 9.91. The fourth-order valence-electron chi connectivity index (χ4n) is 2.57. The number of phenolic OH excluding ortho intramolecular Hbond substituents is 1. The Bertz CT molecular complexity index is 603. The minimum absolute atomic E-state index is 0.0399. The summed E-state index contributed by atoms with van der Waals surface area (Å²) < 4.78 is 5.39. The van der Waals surface area contributed by atoms with Gasteiger partial charge in [0.1, 0.15) is 5.75 Å². The van der Waals surface area contributed by atoms with E-state index >= 15 is 0 Å². The van der Waals surface area contributed by atoms with Crippen molar-refractivity contribution in [3.05, 3.63) is 48.0 Å². The molecule has 0 aromatic heterocycles. The fraction of sp³-hybridized carbons (Fsp3) is 0.143. The molecule has 96 valence electrons. The van der Waals surface area contributed by atoms with Crippen LogP contribution in [0.5, 0.6) is 5.75 Å². The molecule has 0 saturated carbocycles. The topological polar surface area (TPSA) is 75.7 Å². The van der Waals surface area contributed by atoms with E-state index in [1.165, 1.54) is 0 Å². The average molecular weight is 255 g/mol. The van der Waals surface area contributed by atoms with Gasteiger partial charge >= 0.3 is 7.12 Å². The maximum absolute atomic E-state index is 9.91. The van der Waals surface area contributed by atoms with Crippen molar-refractivity contribution in [1.82, 2.24) is 0 Å². The van der Waals surface area contributed by atoms with Crippen molar-refractivity contribution >= 4 is 12.6 Å². The van der Waals surface area contributed by atoms with Crippen LogP contribution in [-0.4, -0.2) is 23.8 Å². The number of hydrogen-bond donors (Lipinski definition) is 3. The molecule has 0 spiro atoms. The summed E-state index contributed by atoms with van der Waals surface area (Å²) in [6.45, 7) is 0.257. The van der Waals surface area contributed by atoms with E-state index in [9.17, 15) is 10.1 Å². The van der Waals surface area contributed by atoms with Gasteiger partial charge in [0.05, 0.1) is 6.10 Å². The van der Waals surface area contributed by atoms with E-state index in [0.29, 0.717) is 5.46 Å². The number of aromatic hydroxyl groups is 1. The second-order valence-electron chi connectivity index (χ2n) is 4.54. The van der Waals surface area contributed by atoms with Gasteiger partial charge in [0.2, 0.25) is 0 Å². The van der Waals surface area contributed by atoms with E-state index in [2.05, 4.69) is 0 Å². The molecule has 1 heterocycles. The van der Waals surface area contributed by atoms with Crippen LogP contribution in [0.2, 0.25) is 0 Å². The molecular formula is C14H14BNO3. The molecule has 0 saturated heterocycles. The van der Waals surface area contributed by atoms with Crippen molar-refractivity contribution in [2.45, 2.75) is 6.10 Å². The van der Waals surface area contributed by atoms with Crippen LogP contribution in [-0.2, 0) is 4.65 Å². The zero-order chi connectivity index (χ0) is 13.4. The van der Waals surface area contributed by atoms with Gasteiger partial charge in [-0.15, -0.1) is 0 Å². The monoisotopic (exact) mass is 255 g/mol. The van der Waals surface area contributed by atoms with E-state index in [1.54, 1.807) is 6.07 Å². The molecule has 1 atom stereocenters. The molecular weight excluding hydrogens is 241 g/mol. The molecule has 0 aliphatic carbocycles. The molecule has 4 nitrogen and oxygen atoms in total. The predicted octanol–water partition coefficient (Wildman–Crippen LogP) is 0.777. The maximum Gasteiger partial charge on any atom is 0.495 e. The molecule has 1 aliphatic rings. The molecule has 1 unspecified atom stereocenters. The van der Waals surface area contributed by atoms with Crippen LogP contribution in [0.15, 0.2) is 42.5 Å². The Morgan fingerprint density at radius 3 is 2.58 bits per heavy atom. The second-order valence-corrected chi connectivity index (χ2v) is 4.54. The lowest BCUT2D eigenvalue weighted by Crippen LogP contribution is -2.28. The quantitative estimate of drug-likeness (QED) is 0.693. The third-order valence-electron chi connectivity index (χ3n) is 3.43. The molecule has 0 bridgehead atoms. The van der Waals surface area contributed by atoms with Crippen LogP contribution in [0.3, 0.4) is 0 Å². The van der Waals surface area contributed by atoms with Gasteiger partial charge in [-0.25, -0.2) is 0 Å². The molecule has 0 fully saturated rings. The minimum atomic E-state index is -1.12. The van der Waals surface area contributed by atoms with E-state index in [1.807, 2.05) is 36.4 Å². The van der Waals surface area contributed by atoms with Crippen LogP contribution < -0.4 is 11.2 Å². The van der Waals surface area contributed by atoms with Gasteiger partial charge < -0.3 is 20.5 Å². The Labute approximate surface area is 111 Å². The van der Waals surface area contributed by atoms with E-state index in [4.69, 9.17) is 10.4 Å². The van der Waals surface area contributed by atoms with Crippen LogP contribution in [0.25, 0.3) is 11.1 Å². The number of nitrogens with two attached hydrogens (primary N) is 1. The number of benzene rings is 2. The molecule has 2 aromatic rings. The van der Waals surface area contributed by atoms with Crippen LogP contribution >= 0.6 is 0 Å². The number of hydrogen-bond acceptors (Lipinski definition) is 4. The van der Waals surface area contributed by atoms with Crippen molar-refractivity contribution in [2.75, 3.05) is 6.54 Å². The SMILES string of the molecule is NCC1OB(O)c2c(O)ccc(-c3ccccc3)c21. The number of rotatable bonds is 2. The lowest BCUT2D eigenvalue weighted by atomic mass is 9.76. The smallest absolute Gasteiger partial charge is 0.495 e. The zero-order valence-corrected chi connectivity index (χ0v) is 10.3. The molecule has 2 aromatic carbocycles. The Kier molecular flexibility index (Phi) is 3.02. The first-order valence-electron chi connectivity index (χ1n) is 6.17. The molecule has 0 radical (unpaired) electrons. The van der Waals surface area contributed by atoms with E-state index in [0.717, 1.165) is 16.7 Å². The van der Waals surface area contributed by atoms with Gasteiger partial charge in [-0.05, 0) is 22.8 Å². The predicted molar refractivity (Wildman–Crippen MR) is 74.0 cm³/mol. The molecule has 19 heavy (non-hydrogen) atoms. The Balaban J connectivity index is 2.23. The lowest BCUT2D eigenvalue weighted by Gasteiger charge is -2.14. The van der Waals surface area contributed by atoms with Crippen LogP contribution in [0.4, 0.5) is 0 Å². The summed E-state index contributed by atoms with van der Waals surface area (Å²) in [4.78, 5) is 0. The average Bonchev–Trinajstić information content (AvgIpc) is 2.78. The molecule has 3 rings (SSSR count). The van der Waals surface area contributed by atoms with Gasteiger partial charge in [-0.2, -0.15) is 0 Å². The Hall–Kier alpha value is -1.82. The summed E-state index contributed by atoms with van der Waals surface area (Å²) in [6, 6.07) is 13.2. The van der Waals surface area contributed by atoms with Crippen molar-refractivity contribution in [2.24, 2.45) is 5.73 Å². The summed E-state index contributed by atoms with van der Waals surface area (Å²) in [5.41, 5.74) is 8.84. The first-order valence-corrected chi connectivity index (χ1v) is 6.17. The second kappa shape index (κ2) is 4.70. The summed E-state index contributed by atoms with van der Waals surface area (Å²) in [6.07, 6.45) is -0.396. The fourth-order valence-corrected chi connectivity index (χ4v) is 2.57. The van der Waals surface area contributed by atoms with Gasteiger partial charge in [-0.3, -0.25) is 0 Å². The third-order valence-corrected chi connectivity index (χ3v) is 3.43. The van der Waals surface area contributed by atoms with Crippen molar-refractivity contribution < 1.29 is 14.8 Å². The standard InChI is InChI=1S/C14H14BNO3/c16-8-12-13-10(9-4-2-1-3-5-9)6-7-11(17)14(13)15(18)19-12/h1-7,12,17-18H,8,16H2. The van der Waals surface area contributed by atoms with Crippen molar-refractivity contribution in [3.8, 4) is 16.9 Å². The Morgan fingerprint density at radius 2 is 1.89 bits per heavy atom. The van der Waals surface area contributed by atoms with Gasteiger partial charge in [0.25, 0.3) is 0 Å². The van der Waals surface area contributed by atoms with E-state index in [-0.39, 0.29) is 12.3 Å². The summed E-state index contributed by atoms with van der Waals surface area (Å²) >= 11 is 0. The normalized spacial score (nSPS) is 17.6. The minimum Gasteiger partial charge on any atom is -0.508 e. The van der Waals surface area contributed by atoms with Crippen molar-refractivity contribution in [3.63, 3.8) is 0 Å². The highest BCUT2D eigenvalue weighted by Crippen LogP contribution is 2.35. The van der Waals surface area contributed by atoms with Crippen LogP contribution in [0, 0.1) is 0 Å². The Morgan fingerprint density at radius 1 is 1.16 bits per heavy atom. The largest absolute Gasteiger partial charge is 0.508 e.